The fraction of sp³-hybridized carbons (Fsp3) is 0.200. The molecule has 0 fully saturated rings. The molecule has 0 aliphatic rings. The van der Waals surface area contributed by atoms with E-state index in [1.807, 2.05) is 0 Å². The van der Waals surface area contributed by atoms with Crippen molar-refractivity contribution in [3.63, 3.8) is 0 Å². The van der Waals surface area contributed by atoms with Crippen molar-refractivity contribution in [3.8, 4) is 0 Å². The third-order valence-electron chi connectivity index (χ3n) is 1.97. The molecule has 14 heavy (non-hydrogen) atoms. The van der Waals surface area contributed by atoms with Gasteiger partial charge in [0.15, 0.2) is 5.76 Å². The zero-order valence-corrected chi connectivity index (χ0v) is 7.73. The van der Waals surface area contributed by atoms with Crippen molar-refractivity contribution in [2.24, 2.45) is 5.73 Å². The fourth-order valence-electron chi connectivity index (χ4n) is 1.23. The molecule has 2 aromatic rings. The van der Waals surface area contributed by atoms with Gasteiger partial charge >= 0.3 is 0 Å². The summed E-state index contributed by atoms with van der Waals surface area (Å²) in [5.41, 5.74) is 6.12. The van der Waals surface area contributed by atoms with E-state index in [0.29, 0.717) is 11.3 Å². The molecule has 2 rings (SSSR count). The van der Waals surface area contributed by atoms with Crippen molar-refractivity contribution in [1.29, 1.82) is 0 Å². The molecule has 0 saturated carbocycles. The van der Waals surface area contributed by atoms with Crippen LogP contribution in [0.2, 0.25) is 0 Å². The lowest BCUT2D eigenvalue weighted by Crippen LogP contribution is -2.26. The number of rotatable bonds is 2. The van der Waals surface area contributed by atoms with Crippen LogP contribution in [0, 0.1) is 0 Å². The fourth-order valence-corrected chi connectivity index (χ4v) is 1.23. The maximum absolute atomic E-state index is 11.5. The second-order valence-corrected chi connectivity index (χ2v) is 3.18. The second kappa shape index (κ2) is 3.23. The molecule has 1 unspecified atom stereocenters. The van der Waals surface area contributed by atoms with Crippen LogP contribution in [0.1, 0.15) is 17.5 Å². The van der Waals surface area contributed by atoms with Crippen LogP contribution in [0.15, 0.2) is 28.9 Å². The number of carbonyl (C=O) groups is 1. The Hall–Kier alpha value is -1.68. The number of fused-ring (bicyclic) bond motifs is 1. The molecule has 0 bridgehead atoms. The van der Waals surface area contributed by atoms with Crippen molar-refractivity contribution in [2.45, 2.75) is 13.0 Å². The lowest BCUT2D eigenvalue weighted by Gasteiger charge is -1.98. The Balaban J connectivity index is 2.50. The van der Waals surface area contributed by atoms with Crippen molar-refractivity contribution >= 4 is 16.8 Å². The summed E-state index contributed by atoms with van der Waals surface area (Å²) < 4.78 is 5.32. The molecule has 0 aliphatic heterocycles. The molecule has 4 heteroatoms. The highest BCUT2D eigenvalue weighted by Gasteiger charge is 2.15. The quantitative estimate of drug-likeness (QED) is 0.726. The SMILES string of the molecule is CC(N)C(=O)c1cc2cnccc2o1. The van der Waals surface area contributed by atoms with E-state index in [9.17, 15) is 4.79 Å². The minimum atomic E-state index is -0.538. The molecule has 4 nitrogen and oxygen atoms in total. The van der Waals surface area contributed by atoms with Crippen molar-refractivity contribution in [1.82, 2.24) is 4.98 Å². The molecule has 0 aliphatic carbocycles. The lowest BCUT2D eigenvalue weighted by molar-refractivity contribution is 0.0943. The van der Waals surface area contributed by atoms with Gasteiger partial charge in [0, 0.05) is 17.8 Å². The number of furan rings is 1. The van der Waals surface area contributed by atoms with Gasteiger partial charge in [-0.2, -0.15) is 0 Å². The Kier molecular flexibility index (Phi) is 2.05. The number of nitrogens with zero attached hydrogens (tertiary/aromatic N) is 1. The number of pyridine rings is 1. The van der Waals surface area contributed by atoms with Gasteiger partial charge in [-0.15, -0.1) is 0 Å². The molecule has 0 aromatic carbocycles. The highest BCUT2D eigenvalue weighted by Crippen LogP contribution is 2.18. The van der Waals surface area contributed by atoms with E-state index in [-0.39, 0.29) is 5.78 Å². The minimum Gasteiger partial charge on any atom is -0.453 e. The van der Waals surface area contributed by atoms with Gasteiger partial charge < -0.3 is 10.2 Å². The summed E-state index contributed by atoms with van der Waals surface area (Å²) in [6.45, 7) is 1.63. The number of ketones is 1. The van der Waals surface area contributed by atoms with E-state index in [1.54, 1.807) is 31.5 Å². The van der Waals surface area contributed by atoms with Crippen LogP contribution in [0.5, 0.6) is 0 Å². The normalized spacial score (nSPS) is 13.0. The number of aromatic nitrogens is 1. The maximum Gasteiger partial charge on any atom is 0.214 e. The Morgan fingerprint density at radius 2 is 2.43 bits per heavy atom. The zero-order valence-electron chi connectivity index (χ0n) is 7.73. The average molecular weight is 190 g/mol. The van der Waals surface area contributed by atoms with Crippen molar-refractivity contribution in [3.05, 3.63) is 30.3 Å². The van der Waals surface area contributed by atoms with Crippen LogP contribution < -0.4 is 5.73 Å². The van der Waals surface area contributed by atoms with Crippen LogP contribution in [-0.2, 0) is 0 Å². The summed E-state index contributed by atoms with van der Waals surface area (Å²) in [4.78, 5) is 15.4. The first-order valence-corrected chi connectivity index (χ1v) is 4.32. The Bertz CT molecular complexity index is 441. The molecule has 0 amide bonds. The first-order chi connectivity index (χ1) is 6.68. The average Bonchev–Trinajstić information content (AvgIpc) is 2.59. The summed E-state index contributed by atoms with van der Waals surface area (Å²) in [6, 6.07) is 2.84. The van der Waals surface area contributed by atoms with Gasteiger partial charge in [0.1, 0.15) is 5.58 Å². The van der Waals surface area contributed by atoms with E-state index in [4.69, 9.17) is 10.2 Å². The van der Waals surface area contributed by atoms with Crippen LogP contribution in [0.4, 0.5) is 0 Å². The maximum atomic E-state index is 11.5. The van der Waals surface area contributed by atoms with Crippen molar-refractivity contribution < 1.29 is 9.21 Å². The molecule has 2 N–H and O–H groups in total. The topological polar surface area (TPSA) is 69.1 Å². The van der Waals surface area contributed by atoms with Gasteiger partial charge in [-0.05, 0) is 19.1 Å². The van der Waals surface area contributed by atoms with Gasteiger partial charge in [-0.25, -0.2) is 0 Å². The number of hydrogen-bond donors (Lipinski definition) is 1. The van der Waals surface area contributed by atoms with Crippen LogP contribution in [-0.4, -0.2) is 16.8 Å². The van der Waals surface area contributed by atoms with E-state index >= 15 is 0 Å². The molecular formula is C10H10N2O2. The van der Waals surface area contributed by atoms with Gasteiger partial charge in [0.05, 0.1) is 6.04 Å². The van der Waals surface area contributed by atoms with E-state index in [0.717, 1.165) is 5.39 Å². The van der Waals surface area contributed by atoms with E-state index in [2.05, 4.69) is 4.98 Å². The van der Waals surface area contributed by atoms with Gasteiger partial charge in [-0.3, -0.25) is 9.78 Å². The molecule has 0 radical (unpaired) electrons. The Labute approximate surface area is 80.7 Å². The smallest absolute Gasteiger partial charge is 0.214 e. The largest absolute Gasteiger partial charge is 0.453 e. The third-order valence-corrected chi connectivity index (χ3v) is 1.97. The first kappa shape index (κ1) is 8.90. The molecule has 1 atom stereocenters. The molecule has 2 heterocycles. The first-order valence-electron chi connectivity index (χ1n) is 4.32. The molecule has 72 valence electrons. The molecule has 2 aromatic heterocycles. The summed E-state index contributed by atoms with van der Waals surface area (Å²) in [5.74, 6) is 0.101. The van der Waals surface area contributed by atoms with E-state index < -0.39 is 6.04 Å². The predicted octanol–water partition coefficient (Wildman–Crippen LogP) is 1.36. The second-order valence-electron chi connectivity index (χ2n) is 3.18. The summed E-state index contributed by atoms with van der Waals surface area (Å²) in [6.07, 6.45) is 3.27. The third kappa shape index (κ3) is 1.40. The number of nitrogens with two attached hydrogens (primary N) is 1. The van der Waals surface area contributed by atoms with Crippen LogP contribution in [0.25, 0.3) is 11.0 Å². The highest BCUT2D eigenvalue weighted by molar-refractivity contribution is 6.00. The highest BCUT2D eigenvalue weighted by atomic mass is 16.3. The Morgan fingerprint density at radius 1 is 1.64 bits per heavy atom. The van der Waals surface area contributed by atoms with Gasteiger partial charge in [0.25, 0.3) is 0 Å². The molecule has 0 spiro atoms. The van der Waals surface area contributed by atoms with Crippen molar-refractivity contribution in [2.75, 3.05) is 0 Å². The standard InChI is InChI=1S/C10H10N2O2/c1-6(11)10(13)9-4-7-5-12-3-2-8(7)14-9/h2-6H,11H2,1H3. The van der Waals surface area contributed by atoms with E-state index in [1.165, 1.54) is 0 Å². The van der Waals surface area contributed by atoms with Gasteiger partial charge in [0.2, 0.25) is 5.78 Å². The minimum absolute atomic E-state index is 0.193. The number of Topliss-reactive ketones (excluding diaryl/α,β-unsaturated/α-hetero) is 1. The molecular weight excluding hydrogens is 180 g/mol. The Morgan fingerprint density at radius 3 is 3.07 bits per heavy atom. The zero-order chi connectivity index (χ0) is 10.1. The number of carbonyl (C=O) groups excluding carboxylic acids is 1. The van der Waals surface area contributed by atoms with Gasteiger partial charge in [-0.1, -0.05) is 0 Å². The lowest BCUT2D eigenvalue weighted by atomic mass is 10.2. The predicted molar refractivity (Wildman–Crippen MR) is 52.0 cm³/mol. The summed E-state index contributed by atoms with van der Waals surface area (Å²) >= 11 is 0. The summed E-state index contributed by atoms with van der Waals surface area (Å²) in [5, 5.41) is 0.816. The molecule has 0 saturated heterocycles. The van der Waals surface area contributed by atoms with Crippen LogP contribution in [0.3, 0.4) is 0 Å². The summed E-state index contributed by atoms with van der Waals surface area (Å²) in [7, 11) is 0. The number of hydrogen-bond acceptors (Lipinski definition) is 4. The monoisotopic (exact) mass is 190 g/mol. The van der Waals surface area contributed by atoms with Crippen LogP contribution >= 0.6 is 0 Å².